The number of benzene rings is 4. The SMILES string of the molecule is COc1ccc(OC)c(NC(=O)COC(=O)c2cc(-c3ccc(OCc4ccccc4)cc3)nc3ccccc23)c1. The molecule has 0 fully saturated rings. The summed E-state index contributed by atoms with van der Waals surface area (Å²) in [6.07, 6.45) is 0. The minimum absolute atomic E-state index is 0.307. The van der Waals surface area contributed by atoms with E-state index in [0.29, 0.717) is 46.0 Å². The minimum Gasteiger partial charge on any atom is -0.497 e. The highest BCUT2D eigenvalue weighted by atomic mass is 16.5. The first kappa shape index (κ1) is 27.2. The fourth-order valence-corrected chi connectivity index (χ4v) is 4.26. The van der Waals surface area contributed by atoms with Gasteiger partial charge in [0.25, 0.3) is 5.91 Å². The van der Waals surface area contributed by atoms with E-state index in [1.807, 2.05) is 72.8 Å². The molecular formula is C33H28N2O6. The highest BCUT2D eigenvalue weighted by Crippen LogP contribution is 2.29. The van der Waals surface area contributed by atoms with Crippen LogP contribution in [0.15, 0.2) is 103 Å². The van der Waals surface area contributed by atoms with Gasteiger partial charge < -0.3 is 24.3 Å². The van der Waals surface area contributed by atoms with E-state index in [4.69, 9.17) is 23.9 Å². The van der Waals surface area contributed by atoms with E-state index in [0.717, 1.165) is 16.9 Å². The molecule has 0 bridgehead atoms. The van der Waals surface area contributed by atoms with Crippen LogP contribution >= 0.6 is 0 Å². The molecule has 0 radical (unpaired) electrons. The number of fused-ring (bicyclic) bond motifs is 1. The zero-order valence-electron chi connectivity index (χ0n) is 22.6. The van der Waals surface area contributed by atoms with E-state index in [2.05, 4.69) is 5.32 Å². The largest absolute Gasteiger partial charge is 0.497 e. The molecule has 0 aliphatic heterocycles. The molecule has 8 heteroatoms. The summed E-state index contributed by atoms with van der Waals surface area (Å²) < 4.78 is 21.8. The second kappa shape index (κ2) is 12.7. The van der Waals surface area contributed by atoms with Gasteiger partial charge in [0.2, 0.25) is 0 Å². The van der Waals surface area contributed by atoms with Crippen molar-refractivity contribution in [2.75, 3.05) is 26.1 Å². The molecule has 0 aliphatic carbocycles. The molecule has 0 atom stereocenters. The number of hydrogen-bond acceptors (Lipinski definition) is 7. The molecule has 1 N–H and O–H groups in total. The summed E-state index contributed by atoms with van der Waals surface area (Å²) in [6.45, 7) is -0.0266. The van der Waals surface area contributed by atoms with Crippen LogP contribution in [0.1, 0.15) is 15.9 Å². The lowest BCUT2D eigenvalue weighted by molar-refractivity contribution is -0.119. The number of esters is 1. The molecule has 1 heterocycles. The lowest BCUT2D eigenvalue weighted by atomic mass is 10.0. The van der Waals surface area contributed by atoms with Crippen molar-refractivity contribution in [3.63, 3.8) is 0 Å². The molecule has 1 amide bonds. The topological polar surface area (TPSA) is 96.0 Å². The Morgan fingerprint density at radius 3 is 2.27 bits per heavy atom. The van der Waals surface area contributed by atoms with Crippen LogP contribution in [0, 0.1) is 0 Å². The molecule has 4 aromatic carbocycles. The van der Waals surface area contributed by atoms with Crippen LogP contribution < -0.4 is 19.5 Å². The van der Waals surface area contributed by atoms with Crippen molar-refractivity contribution in [2.45, 2.75) is 6.61 Å². The first-order valence-corrected chi connectivity index (χ1v) is 12.9. The average molecular weight is 549 g/mol. The van der Waals surface area contributed by atoms with E-state index in [1.165, 1.54) is 14.2 Å². The van der Waals surface area contributed by atoms with Gasteiger partial charge >= 0.3 is 5.97 Å². The molecule has 0 saturated heterocycles. The third-order valence-corrected chi connectivity index (χ3v) is 6.35. The first-order chi connectivity index (χ1) is 20.0. The number of nitrogens with one attached hydrogen (secondary N) is 1. The van der Waals surface area contributed by atoms with Crippen LogP contribution in [0.25, 0.3) is 22.2 Å². The third kappa shape index (κ3) is 6.62. The monoisotopic (exact) mass is 548 g/mol. The number of carbonyl (C=O) groups is 2. The second-order valence-electron chi connectivity index (χ2n) is 9.06. The Bertz CT molecular complexity index is 1670. The molecule has 1 aromatic heterocycles. The van der Waals surface area contributed by atoms with Gasteiger partial charge in [0.1, 0.15) is 23.9 Å². The smallest absolute Gasteiger partial charge is 0.339 e. The minimum atomic E-state index is -0.638. The molecule has 0 unspecified atom stereocenters. The van der Waals surface area contributed by atoms with E-state index in [-0.39, 0.29) is 0 Å². The number of ether oxygens (including phenoxy) is 4. The lowest BCUT2D eigenvalue weighted by Gasteiger charge is -2.13. The fourth-order valence-electron chi connectivity index (χ4n) is 4.26. The molecule has 5 aromatic rings. The Kier molecular flexibility index (Phi) is 8.40. The Morgan fingerprint density at radius 1 is 0.780 bits per heavy atom. The number of nitrogens with zero attached hydrogens (tertiary/aromatic N) is 1. The molecule has 5 rings (SSSR count). The summed E-state index contributed by atoms with van der Waals surface area (Å²) in [5, 5.41) is 3.32. The number of pyridine rings is 1. The van der Waals surface area contributed by atoms with Crippen LogP contribution in [0.4, 0.5) is 5.69 Å². The van der Waals surface area contributed by atoms with Gasteiger partial charge in [-0.05, 0) is 54.1 Å². The normalized spacial score (nSPS) is 10.6. The lowest BCUT2D eigenvalue weighted by Crippen LogP contribution is -2.21. The Labute approximate surface area is 237 Å². The van der Waals surface area contributed by atoms with E-state index in [9.17, 15) is 9.59 Å². The number of amides is 1. The van der Waals surface area contributed by atoms with E-state index < -0.39 is 18.5 Å². The molecule has 8 nitrogen and oxygen atoms in total. The third-order valence-electron chi connectivity index (χ3n) is 6.35. The number of para-hydroxylation sites is 1. The number of aromatic nitrogens is 1. The molecule has 0 aliphatic rings. The fraction of sp³-hybridized carbons (Fsp3) is 0.121. The van der Waals surface area contributed by atoms with Crippen LogP contribution in [-0.4, -0.2) is 37.7 Å². The highest BCUT2D eigenvalue weighted by Gasteiger charge is 2.17. The highest BCUT2D eigenvalue weighted by molar-refractivity contribution is 6.05. The number of anilines is 1. The number of carbonyl (C=O) groups excluding carboxylic acids is 2. The summed E-state index contributed by atoms with van der Waals surface area (Å²) in [5.41, 5.74) is 3.82. The summed E-state index contributed by atoms with van der Waals surface area (Å²) in [5.74, 6) is 0.558. The quantitative estimate of drug-likeness (QED) is 0.205. The van der Waals surface area contributed by atoms with Gasteiger partial charge in [-0.3, -0.25) is 4.79 Å². The van der Waals surface area contributed by atoms with Crippen molar-refractivity contribution in [3.8, 4) is 28.5 Å². The van der Waals surface area contributed by atoms with Crippen molar-refractivity contribution in [2.24, 2.45) is 0 Å². The molecule has 206 valence electrons. The van der Waals surface area contributed by atoms with Crippen molar-refractivity contribution < 1.29 is 28.5 Å². The van der Waals surface area contributed by atoms with Crippen molar-refractivity contribution >= 4 is 28.5 Å². The van der Waals surface area contributed by atoms with Gasteiger partial charge in [0.15, 0.2) is 6.61 Å². The molecule has 0 spiro atoms. The second-order valence-corrected chi connectivity index (χ2v) is 9.06. The van der Waals surface area contributed by atoms with Gasteiger partial charge in [-0.1, -0.05) is 48.5 Å². The van der Waals surface area contributed by atoms with Crippen LogP contribution in [-0.2, 0) is 16.1 Å². The van der Waals surface area contributed by atoms with Crippen LogP contribution in [0.5, 0.6) is 17.2 Å². The van der Waals surface area contributed by atoms with Gasteiger partial charge in [-0.2, -0.15) is 0 Å². The van der Waals surface area contributed by atoms with Crippen LogP contribution in [0.2, 0.25) is 0 Å². The Balaban J connectivity index is 1.31. The summed E-state index contributed by atoms with van der Waals surface area (Å²) in [4.78, 5) is 30.6. The van der Waals surface area contributed by atoms with Gasteiger partial charge in [-0.15, -0.1) is 0 Å². The number of methoxy groups -OCH3 is 2. The van der Waals surface area contributed by atoms with Gasteiger partial charge in [0, 0.05) is 17.0 Å². The Hall–Kier alpha value is -5.37. The average Bonchev–Trinajstić information content (AvgIpc) is 3.02. The van der Waals surface area contributed by atoms with Crippen LogP contribution in [0.3, 0.4) is 0 Å². The first-order valence-electron chi connectivity index (χ1n) is 12.9. The predicted molar refractivity (Wildman–Crippen MR) is 156 cm³/mol. The zero-order valence-corrected chi connectivity index (χ0v) is 22.6. The zero-order chi connectivity index (χ0) is 28.6. The molecule has 0 saturated carbocycles. The van der Waals surface area contributed by atoms with E-state index >= 15 is 0 Å². The molecule has 41 heavy (non-hydrogen) atoms. The maximum Gasteiger partial charge on any atom is 0.339 e. The van der Waals surface area contributed by atoms with Gasteiger partial charge in [0.05, 0.1) is 36.7 Å². The number of hydrogen-bond donors (Lipinski definition) is 1. The van der Waals surface area contributed by atoms with Gasteiger partial charge in [-0.25, -0.2) is 9.78 Å². The maximum atomic E-state index is 13.2. The predicted octanol–water partition coefficient (Wildman–Crippen LogP) is 6.29. The summed E-state index contributed by atoms with van der Waals surface area (Å²) >= 11 is 0. The maximum absolute atomic E-state index is 13.2. The number of rotatable bonds is 10. The molecular weight excluding hydrogens is 520 g/mol. The Morgan fingerprint density at radius 2 is 1.51 bits per heavy atom. The van der Waals surface area contributed by atoms with Crippen molar-refractivity contribution in [3.05, 3.63) is 114 Å². The standard InChI is InChI=1S/C33H28N2O6/c1-38-25-16-17-31(39-2)30(18-25)35-32(36)21-41-33(37)27-19-29(34-28-11-7-6-10-26(27)28)23-12-14-24(15-13-23)40-20-22-8-4-3-5-9-22/h3-19H,20-21H2,1-2H3,(H,35,36). The summed E-state index contributed by atoms with van der Waals surface area (Å²) in [6, 6.07) is 31.4. The van der Waals surface area contributed by atoms with Crippen molar-refractivity contribution in [1.29, 1.82) is 0 Å². The van der Waals surface area contributed by atoms with E-state index in [1.54, 1.807) is 30.3 Å². The summed E-state index contributed by atoms with van der Waals surface area (Å²) in [7, 11) is 3.02. The van der Waals surface area contributed by atoms with Crippen molar-refractivity contribution in [1.82, 2.24) is 4.98 Å².